The van der Waals surface area contributed by atoms with Crippen molar-refractivity contribution < 1.29 is 9.53 Å². The van der Waals surface area contributed by atoms with Gasteiger partial charge in [0.25, 0.3) is 0 Å². The zero-order valence-electron chi connectivity index (χ0n) is 22.1. The lowest BCUT2D eigenvalue weighted by molar-refractivity contribution is -0.116. The van der Waals surface area contributed by atoms with E-state index in [1.54, 1.807) is 23.1 Å². The molecule has 2 aliphatic rings. The van der Waals surface area contributed by atoms with Gasteiger partial charge in [0, 0.05) is 17.7 Å². The number of aryl methyl sites for hydroxylation is 2. The summed E-state index contributed by atoms with van der Waals surface area (Å²) in [7, 11) is 0. The van der Waals surface area contributed by atoms with Crippen molar-refractivity contribution in [3.63, 3.8) is 0 Å². The van der Waals surface area contributed by atoms with Gasteiger partial charge in [0.2, 0.25) is 0 Å². The molecule has 2 N–H and O–H groups in total. The molecule has 0 amide bonds. The molecular formula is C32H29Cl2N3O2. The van der Waals surface area contributed by atoms with Crippen LogP contribution in [0.4, 0.5) is 5.69 Å². The molecule has 3 aromatic rings. The number of hydrogen-bond donors (Lipinski definition) is 1. The highest BCUT2D eigenvalue weighted by Gasteiger charge is 2.41. The summed E-state index contributed by atoms with van der Waals surface area (Å²) in [4.78, 5) is 15.3. The zero-order valence-corrected chi connectivity index (χ0v) is 23.7. The molecular weight excluding hydrogens is 529 g/mol. The summed E-state index contributed by atoms with van der Waals surface area (Å²) in [6.45, 7) is 6.42. The van der Waals surface area contributed by atoms with Crippen molar-refractivity contribution in [2.75, 3.05) is 4.90 Å². The Morgan fingerprint density at radius 2 is 1.79 bits per heavy atom. The Balaban J connectivity index is 1.65. The van der Waals surface area contributed by atoms with Gasteiger partial charge >= 0.3 is 0 Å². The molecule has 39 heavy (non-hydrogen) atoms. The summed E-state index contributed by atoms with van der Waals surface area (Å²) >= 11 is 12.9. The van der Waals surface area contributed by atoms with Crippen molar-refractivity contribution in [1.82, 2.24) is 0 Å². The molecule has 5 rings (SSSR count). The SMILES string of the molecule is Cc1ccc(OCc2cc(C)cc(C3C(C#N)=C(N)N(c4cccc(Cl)c4Cl)C4=C3C(=O)CCC4)c2C)cc1. The summed E-state index contributed by atoms with van der Waals surface area (Å²) in [5.74, 6) is 0.482. The Hall–Kier alpha value is -3.72. The van der Waals surface area contributed by atoms with Gasteiger partial charge in [-0.3, -0.25) is 9.69 Å². The van der Waals surface area contributed by atoms with Crippen LogP contribution in [0.1, 0.15) is 53.0 Å². The molecule has 5 nitrogen and oxygen atoms in total. The second kappa shape index (κ2) is 10.8. The van der Waals surface area contributed by atoms with Crippen molar-refractivity contribution in [3.8, 4) is 11.8 Å². The molecule has 1 unspecified atom stereocenters. The molecule has 1 aliphatic carbocycles. The van der Waals surface area contributed by atoms with Gasteiger partial charge in [-0.15, -0.1) is 0 Å². The van der Waals surface area contributed by atoms with Crippen LogP contribution in [0, 0.1) is 32.1 Å². The number of ether oxygens (including phenoxy) is 1. The quantitative estimate of drug-likeness (QED) is 0.346. The second-order valence-corrected chi connectivity index (χ2v) is 10.9. The van der Waals surface area contributed by atoms with E-state index >= 15 is 0 Å². The molecule has 0 radical (unpaired) electrons. The van der Waals surface area contributed by atoms with Crippen LogP contribution in [0.2, 0.25) is 10.0 Å². The van der Waals surface area contributed by atoms with Crippen LogP contribution in [0.15, 0.2) is 77.3 Å². The van der Waals surface area contributed by atoms with E-state index in [4.69, 9.17) is 33.7 Å². The first-order chi connectivity index (χ1) is 18.7. The zero-order chi connectivity index (χ0) is 27.8. The molecule has 3 aromatic carbocycles. The van der Waals surface area contributed by atoms with Gasteiger partial charge < -0.3 is 10.5 Å². The highest BCUT2D eigenvalue weighted by atomic mass is 35.5. The van der Waals surface area contributed by atoms with Gasteiger partial charge in [0.1, 0.15) is 18.2 Å². The van der Waals surface area contributed by atoms with Gasteiger partial charge in [-0.2, -0.15) is 5.26 Å². The minimum Gasteiger partial charge on any atom is -0.489 e. The van der Waals surface area contributed by atoms with E-state index < -0.39 is 5.92 Å². The normalized spacial score (nSPS) is 17.3. The molecule has 198 valence electrons. The number of halogens is 2. The maximum absolute atomic E-state index is 13.6. The Kier molecular flexibility index (Phi) is 7.44. The number of carbonyl (C=O) groups excluding carboxylic acids is 1. The van der Waals surface area contributed by atoms with Crippen LogP contribution < -0.4 is 15.4 Å². The van der Waals surface area contributed by atoms with Crippen molar-refractivity contribution in [3.05, 3.63) is 115 Å². The molecule has 7 heteroatoms. The molecule has 1 aliphatic heterocycles. The molecule has 0 fully saturated rings. The van der Waals surface area contributed by atoms with E-state index in [9.17, 15) is 10.1 Å². The fourth-order valence-electron chi connectivity index (χ4n) is 5.55. The van der Waals surface area contributed by atoms with Crippen molar-refractivity contribution >= 4 is 34.7 Å². The standard InChI is InChI=1S/C32H29Cl2N3O2/c1-18-10-12-22(13-11-18)39-17-21-14-19(2)15-23(20(21)3)29-24(16-35)32(36)37(26-7-5-9-28(38)30(26)29)27-8-4-6-25(33)31(27)34/h4,6,8,10-15,29H,5,7,9,17,36H2,1-3H3. The highest BCUT2D eigenvalue weighted by molar-refractivity contribution is 6.43. The van der Waals surface area contributed by atoms with Crippen LogP contribution >= 0.6 is 23.2 Å². The van der Waals surface area contributed by atoms with Crippen LogP contribution in [-0.2, 0) is 11.4 Å². The van der Waals surface area contributed by atoms with Gasteiger partial charge in [0.05, 0.1) is 33.3 Å². The average molecular weight is 559 g/mol. The number of carbonyl (C=O) groups is 1. The highest BCUT2D eigenvalue weighted by Crippen LogP contribution is 2.49. The van der Waals surface area contributed by atoms with E-state index in [0.29, 0.717) is 52.7 Å². The number of nitriles is 1. The third-order valence-corrected chi connectivity index (χ3v) is 8.32. The first-order valence-electron chi connectivity index (χ1n) is 12.9. The van der Waals surface area contributed by atoms with E-state index in [1.165, 1.54) is 0 Å². The summed E-state index contributed by atoms with van der Waals surface area (Å²) in [5, 5.41) is 11.1. The molecule has 0 spiro atoms. The summed E-state index contributed by atoms with van der Waals surface area (Å²) in [5.41, 5.74) is 14.0. The lowest BCUT2D eigenvalue weighted by atomic mass is 9.73. The van der Waals surface area contributed by atoms with Crippen LogP contribution in [0.5, 0.6) is 5.75 Å². The largest absolute Gasteiger partial charge is 0.489 e. The van der Waals surface area contributed by atoms with Gasteiger partial charge in [-0.1, -0.05) is 64.7 Å². The minimum atomic E-state index is -0.579. The Morgan fingerprint density at radius 1 is 1.05 bits per heavy atom. The van der Waals surface area contributed by atoms with Crippen LogP contribution in [0.25, 0.3) is 0 Å². The van der Waals surface area contributed by atoms with Crippen molar-refractivity contribution in [1.29, 1.82) is 5.26 Å². The van der Waals surface area contributed by atoms with Crippen LogP contribution in [-0.4, -0.2) is 5.78 Å². The summed E-state index contributed by atoms with van der Waals surface area (Å²) in [6, 6.07) is 19.7. The van der Waals surface area contributed by atoms with Crippen LogP contribution in [0.3, 0.4) is 0 Å². The van der Waals surface area contributed by atoms with E-state index in [1.807, 2.05) is 45.0 Å². The molecule has 0 bridgehead atoms. The van der Waals surface area contributed by atoms with Gasteiger partial charge in [-0.25, -0.2) is 0 Å². The number of nitrogens with zero attached hydrogens (tertiary/aromatic N) is 2. The lowest BCUT2D eigenvalue weighted by Crippen LogP contribution is -2.39. The molecule has 0 saturated carbocycles. The molecule has 1 heterocycles. The summed E-state index contributed by atoms with van der Waals surface area (Å²) < 4.78 is 6.11. The number of rotatable bonds is 5. The number of nitrogens with two attached hydrogens (primary N) is 1. The van der Waals surface area contributed by atoms with Crippen molar-refractivity contribution in [2.24, 2.45) is 5.73 Å². The Labute approximate surface area is 239 Å². The molecule has 0 aromatic heterocycles. The molecule has 1 atom stereocenters. The lowest BCUT2D eigenvalue weighted by Gasteiger charge is -2.40. The Morgan fingerprint density at radius 3 is 2.51 bits per heavy atom. The number of anilines is 1. The Bertz CT molecular complexity index is 1580. The first-order valence-corrected chi connectivity index (χ1v) is 13.7. The van der Waals surface area contributed by atoms with E-state index in [2.05, 4.69) is 18.2 Å². The predicted octanol–water partition coefficient (Wildman–Crippen LogP) is 7.80. The number of allylic oxidation sites excluding steroid dienone is 3. The van der Waals surface area contributed by atoms with Crippen molar-refractivity contribution in [2.45, 2.75) is 52.6 Å². The topological polar surface area (TPSA) is 79.3 Å². The van der Waals surface area contributed by atoms with Gasteiger partial charge in [0.15, 0.2) is 5.78 Å². The fourth-order valence-corrected chi connectivity index (χ4v) is 5.93. The minimum absolute atomic E-state index is 0.0167. The predicted molar refractivity (Wildman–Crippen MR) is 156 cm³/mol. The van der Waals surface area contributed by atoms with E-state index in [-0.39, 0.29) is 11.6 Å². The second-order valence-electron chi connectivity index (χ2n) is 10.1. The number of hydrogen-bond acceptors (Lipinski definition) is 5. The van der Waals surface area contributed by atoms with E-state index in [0.717, 1.165) is 39.3 Å². The smallest absolute Gasteiger partial charge is 0.161 e. The third-order valence-electron chi connectivity index (χ3n) is 7.51. The molecule has 0 saturated heterocycles. The maximum Gasteiger partial charge on any atom is 0.161 e. The first kappa shape index (κ1) is 26.9. The number of Topliss-reactive ketones (excluding diaryl/α,β-unsaturated/α-hetero) is 1. The summed E-state index contributed by atoms with van der Waals surface area (Å²) in [6.07, 6.45) is 1.74. The fraction of sp³-hybridized carbons (Fsp3) is 0.250. The third kappa shape index (κ3) is 4.91. The average Bonchev–Trinajstić information content (AvgIpc) is 2.91. The number of ketones is 1. The maximum atomic E-state index is 13.6. The van der Waals surface area contributed by atoms with Gasteiger partial charge in [-0.05, 0) is 74.6 Å². The number of benzene rings is 3. The monoisotopic (exact) mass is 557 g/mol.